The van der Waals surface area contributed by atoms with Crippen LogP contribution in [0.15, 0.2) is 4.34 Å². The van der Waals surface area contributed by atoms with Gasteiger partial charge in [-0.05, 0) is 19.3 Å². The Balaban J connectivity index is 2.41. The van der Waals surface area contributed by atoms with Crippen molar-refractivity contribution in [1.29, 1.82) is 0 Å². The van der Waals surface area contributed by atoms with Gasteiger partial charge in [0.1, 0.15) is 9.94 Å². The molecule has 0 aliphatic heterocycles. The predicted octanol–water partition coefficient (Wildman–Crippen LogP) is 2.03. The summed E-state index contributed by atoms with van der Waals surface area (Å²) in [5, 5.41) is 18.3. The number of aromatic nitrogens is 2. The Kier molecular flexibility index (Phi) is 4.24. The second-order valence-corrected chi connectivity index (χ2v) is 6.21. The van der Waals surface area contributed by atoms with E-state index in [0.29, 0.717) is 4.34 Å². The zero-order valence-corrected chi connectivity index (χ0v) is 10.7. The summed E-state index contributed by atoms with van der Waals surface area (Å²) in [7, 11) is 0. The molecule has 0 aliphatic rings. The highest BCUT2D eigenvalue weighted by atomic mass is 32.2. The lowest BCUT2D eigenvalue weighted by Gasteiger charge is -2.24. The molecule has 0 bridgehead atoms. The van der Waals surface area contributed by atoms with Crippen molar-refractivity contribution in [1.82, 2.24) is 10.2 Å². The van der Waals surface area contributed by atoms with E-state index in [4.69, 9.17) is 0 Å². The van der Waals surface area contributed by atoms with Gasteiger partial charge in [0.15, 0.2) is 4.34 Å². The third-order valence-electron chi connectivity index (χ3n) is 2.18. The third kappa shape index (κ3) is 3.76. The number of aliphatic hydroxyl groups is 1. The maximum Gasteiger partial charge on any atom is 0.171 e. The summed E-state index contributed by atoms with van der Waals surface area (Å²) in [5.41, 5.74) is 0. The fourth-order valence-electron chi connectivity index (χ4n) is 0.959. The molecule has 3 nitrogen and oxygen atoms in total. The van der Waals surface area contributed by atoms with Crippen LogP contribution in [0.4, 0.5) is 0 Å². The Morgan fingerprint density at radius 2 is 2.21 bits per heavy atom. The standard InChI is InChI=1S/C8H14N2OS3/c1-5(8(2,11)13)3-4-6-9-10-7(12)14-6/h5,11,13H,3-4H2,1-2H3,(H,10,12). The van der Waals surface area contributed by atoms with E-state index in [9.17, 15) is 5.11 Å². The summed E-state index contributed by atoms with van der Waals surface area (Å²) in [6.07, 6.45) is 1.66. The highest BCUT2D eigenvalue weighted by Gasteiger charge is 2.23. The monoisotopic (exact) mass is 250 g/mol. The molecular weight excluding hydrogens is 236 g/mol. The van der Waals surface area contributed by atoms with E-state index < -0.39 is 4.93 Å². The molecule has 1 rings (SSSR count). The van der Waals surface area contributed by atoms with Gasteiger partial charge in [-0.3, -0.25) is 0 Å². The van der Waals surface area contributed by atoms with Gasteiger partial charge in [0.05, 0.1) is 0 Å². The summed E-state index contributed by atoms with van der Waals surface area (Å²) in [6.45, 7) is 3.67. The Labute approximate surface area is 98.8 Å². The van der Waals surface area contributed by atoms with Crippen LogP contribution in [0.2, 0.25) is 0 Å². The average molecular weight is 250 g/mol. The lowest BCUT2D eigenvalue weighted by atomic mass is 10.00. The molecule has 2 unspecified atom stereocenters. The van der Waals surface area contributed by atoms with Crippen molar-refractivity contribution in [3.8, 4) is 0 Å². The molecule has 0 saturated carbocycles. The van der Waals surface area contributed by atoms with Crippen LogP contribution in [0, 0.1) is 5.92 Å². The van der Waals surface area contributed by atoms with E-state index in [-0.39, 0.29) is 5.92 Å². The van der Waals surface area contributed by atoms with Gasteiger partial charge >= 0.3 is 0 Å². The van der Waals surface area contributed by atoms with Gasteiger partial charge in [0.25, 0.3) is 0 Å². The topological polar surface area (TPSA) is 46.0 Å². The Morgan fingerprint density at radius 1 is 1.57 bits per heavy atom. The van der Waals surface area contributed by atoms with Gasteiger partial charge in [-0.15, -0.1) is 35.5 Å². The molecule has 0 saturated heterocycles. The van der Waals surface area contributed by atoms with Crippen molar-refractivity contribution in [3.05, 3.63) is 5.01 Å². The molecule has 6 heteroatoms. The van der Waals surface area contributed by atoms with Crippen LogP contribution in [-0.4, -0.2) is 20.2 Å². The first-order chi connectivity index (χ1) is 6.39. The number of nitrogens with zero attached hydrogens (tertiary/aromatic N) is 2. The second kappa shape index (κ2) is 4.83. The molecule has 0 spiro atoms. The molecule has 1 aromatic heterocycles. The molecule has 1 aromatic rings. The molecule has 0 amide bonds. The van der Waals surface area contributed by atoms with Gasteiger partial charge in [0.2, 0.25) is 0 Å². The zero-order valence-electron chi connectivity index (χ0n) is 8.14. The average Bonchev–Trinajstić information content (AvgIpc) is 2.45. The van der Waals surface area contributed by atoms with Crippen LogP contribution in [0.25, 0.3) is 0 Å². The van der Waals surface area contributed by atoms with Crippen molar-refractivity contribution >= 4 is 36.6 Å². The summed E-state index contributed by atoms with van der Waals surface area (Å²) >= 11 is 9.67. The Morgan fingerprint density at radius 3 is 2.64 bits per heavy atom. The molecule has 0 aliphatic carbocycles. The summed E-state index contributed by atoms with van der Waals surface area (Å²) < 4.78 is 0.685. The first-order valence-electron chi connectivity index (χ1n) is 4.35. The Hall–Kier alpha value is 0.220. The SMILES string of the molecule is CC(CCc1nnc(S)s1)C(C)(O)S. The van der Waals surface area contributed by atoms with Gasteiger partial charge in [-0.2, -0.15) is 0 Å². The molecule has 80 valence electrons. The number of aryl methyl sites for hydroxylation is 1. The molecule has 0 aromatic carbocycles. The van der Waals surface area contributed by atoms with Crippen molar-refractivity contribution < 1.29 is 5.11 Å². The summed E-state index contributed by atoms with van der Waals surface area (Å²) in [4.78, 5) is -0.922. The predicted molar refractivity (Wildman–Crippen MR) is 64.3 cm³/mol. The molecule has 2 atom stereocenters. The lowest BCUT2D eigenvalue weighted by molar-refractivity contribution is 0.0965. The summed E-state index contributed by atoms with van der Waals surface area (Å²) in [6, 6.07) is 0. The van der Waals surface area contributed by atoms with Gasteiger partial charge in [0, 0.05) is 6.42 Å². The van der Waals surface area contributed by atoms with Crippen molar-refractivity contribution in [2.75, 3.05) is 0 Å². The molecule has 14 heavy (non-hydrogen) atoms. The number of rotatable bonds is 4. The van der Waals surface area contributed by atoms with Crippen molar-refractivity contribution in [2.45, 2.75) is 36.0 Å². The first-order valence-corrected chi connectivity index (χ1v) is 6.07. The third-order valence-corrected chi connectivity index (χ3v) is 3.77. The van der Waals surface area contributed by atoms with Gasteiger partial charge in [-0.25, -0.2) is 0 Å². The number of thiol groups is 2. The van der Waals surface area contributed by atoms with Crippen LogP contribution < -0.4 is 0 Å². The van der Waals surface area contributed by atoms with Crippen LogP contribution in [-0.2, 0) is 6.42 Å². The van der Waals surface area contributed by atoms with Crippen molar-refractivity contribution in [3.63, 3.8) is 0 Å². The van der Waals surface area contributed by atoms with E-state index in [0.717, 1.165) is 17.8 Å². The Bertz CT molecular complexity index is 295. The van der Waals surface area contributed by atoms with Gasteiger partial charge < -0.3 is 5.11 Å². The van der Waals surface area contributed by atoms with E-state index in [1.807, 2.05) is 6.92 Å². The van der Waals surface area contributed by atoms with Crippen LogP contribution in [0.5, 0.6) is 0 Å². The minimum atomic E-state index is -0.922. The van der Waals surface area contributed by atoms with E-state index in [1.165, 1.54) is 11.3 Å². The van der Waals surface area contributed by atoms with Gasteiger partial charge in [-0.1, -0.05) is 18.3 Å². The second-order valence-electron chi connectivity index (χ2n) is 3.51. The molecule has 0 fully saturated rings. The van der Waals surface area contributed by atoms with E-state index >= 15 is 0 Å². The highest BCUT2D eigenvalue weighted by Crippen LogP contribution is 2.26. The normalized spacial score (nSPS) is 17.8. The highest BCUT2D eigenvalue weighted by molar-refractivity contribution is 7.82. The molecule has 1 N–H and O–H groups in total. The molecular formula is C8H14N2OS3. The smallest absolute Gasteiger partial charge is 0.171 e. The lowest BCUT2D eigenvalue weighted by Crippen LogP contribution is -2.25. The van der Waals surface area contributed by atoms with E-state index in [1.54, 1.807) is 6.92 Å². The van der Waals surface area contributed by atoms with Crippen LogP contribution >= 0.6 is 36.6 Å². The molecule has 0 radical (unpaired) electrons. The fraction of sp³-hybridized carbons (Fsp3) is 0.750. The van der Waals surface area contributed by atoms with E-state index in [2.05, 4.69) is 35.5 Å². The minimum absolute atomic E-state index is 0.123. The zero-order chi connectivity index (χ0) is 10.8. The van der Waals surface area contributed by atoms with Crippen LogP contribution in [0.1, 0.15) is 25.3 Å². The quantitative estimate of drug-likeness (QED) is 0.566. The summed E-state index contributed by atoms with van der Waals surface area (Å²) in [5.74, 6) is 0.123. The number of hydrogen-bond donors (Lipinski definition) is 3. The first kappa shape index (κ1) is 12.3. The molecule has 1 heterocycles. The van der Waals surface area contributed by atoms with Crippen LogP contribution in [0.3, 0.4) is 0 Å². The minimum Gasteiger partial charge on any atom is -0.380 e. The van der Waals surface area contributed by atoms with Crippen molar-refractivity contribution in [2.24, 2.45) is 5.92 Å². The maximum atomic E-state index is 9.59. The largest absolute Gasteiger partial charge is 0.380 e. The fourth-order valence-corrected chi connectivity index (χ4v) is 2.04. The maximum absolute atomic E-state index is 9.59. The number of hydrogen-bond acceptors (Lipinski definition) is 6.